The van der Waals surface area contributed by atoms with Crippen LogP contribution >= 0.6 is 0 Å². The van der Waals surface area contributed by atoms with Crippen LogP contribution in [0.2, 0.25) is 0 Å². The molecule has 3 rings (SSSR count). The molecule has 0 saturated heterocycles. The molecule has 0 unspecified atom stereocenters. The molecule has 2 aromatic rings. The summed E-state index contributed by atoms with van der Waals surface area (Å²) in [5.74, 6) is -0.603. The molecule has 1 heterocycles. The number of carbonyl (C=O) groups excluding carboxylic acids is 1. The number of benzene rings is 1. The van der Waals surface area contributed by atoms with E-state index in [2.05, 4.69) is 18.8 Å². The Hall–Kier alpha value is -2.50. The minimum Gasteiger partial charge on any atom is -0.340 e. The fraction of sp³-hybridized carbons (Fsp3) is 0.450. The number of aryl methyl sites for hydroxylation is 1. The van der Waals surface area contributed by atoms with Crippen LogP contribution in [0.25, 0.3) is 0 Å². The first-order valence-electron chi connectivity index (χ1n) is 8.81. The average molecular weight is 357 g/mol. The molecule has 0 atom stereocenters. The maximum absolute atomic E-state index is 13.8. The molecule has 1 aliphatic rings. The van der Waals surface area contributed by atoms with Gasteiger partial charge >= 0.3 is 0 Å². The summed E-state index contributed by atoms with van der Waals surface area (Å²) < 4.78 is 15.1. The van der Waals surface area contributed by atoms with Crippen LogP contribution in [0.15, 0.2) is 35.4 Å². The number of hydrogen-bond acceptors (Lipinski definition) is 3. The van der Waals surface area contributed by atoms with Crippen molar-refractivity contribution in [3.63, 3.8) is 0 Å². The molecular formula is C20H24FN3O2. The lowest BCUT2D eigenvalue weighted by Gasteiger charge is -2.30. The summed E-state index contributed by atoms with van der Waals surface area (Å²) in [6.07, 6.45) is 3.92. The molecular weight excluding hydrogens is 333 g/mol. The lowest BCUT2D eigenvalue weighted by molar-refractivity contribution is -0.131. The van der Waals surface area contributed by atoms with Gasteiger partial charge < -0.3 is 4.90 Å². The molecule has 1 amide bonds. The molecule has 0 N–H and O–H groups in total. The number of aromatic nitrogens is 2. The van der Waals surface area contributed by atoms with Crippen LogP contribution in [0.5, 0.6) is 0 Å². The van der Waals surface area contributed by atoms with Gasteiger partial charge in [-0.3, -0.25) is 14.2 Å². The molecule has 0 radical (unpaired) electrons. The van der Waals surface area contributed by atoms with Crippen molar-refractivity contribution in [1.82, 2.24) is 14.5 Å². The summed E-state index contributed by atoms with van der Waals surface area (Å²) >= 11 is 0. The molecule has 0 fully saturated rings. The van der Waals surface area contributed by atoms with Crippen LogP contribution < -0.4 is 5.56 Å². The van der Waals surface area contributed by atoms with Crippen molar-refractivity contribution in [1.29, 1.82) is 0 Å². The monoisotopic (exact) mass is 357 g/mol. The Kier molecular flexibility index (Phi) is 4.94. The summed E-state index contributed by atoms with van der Waals surface area (Å²) in [5.41, 5.74) is 1.93. The Labute approximate surface area is 152 Å². The summed E-state index contributed by atoms with van der Waals surface area (Å²) in [6, 6.07) is 6.36. The van der Waals surface area contributed by atoms with Crippen LogP contribution in [-0.4, -0.2) is 27.4 Å². The summed E-state index contributed by atoms with van der Waals surface area (Å²) in [5, 5.41) is 0. The van der Waals surface area contributed by atoms with Crippen LogP contribution in [0.1, 0.15) is 37.1 Å². The van der Waals surface area contributed by atoms with E-state index >= 15 is 0 Å². The van der Waals surface area contributed by atoms with Crippen molar-refractivity contribution in [2.24, 2.45) is 5.41 Å². The fourth-order valence-electron chi connectivity index (χ4n) is 3.33. The topological polar surface area (TPSA) is 55.2 Å². The van der Waals surface area contributed by atoms with E-state index < -0.39 is 0 Å². The number of halogens is 1. The smallest absolute Gasteiger partial charge is 0.257 e. The fourth-order valence-corrected chi connectivity index (χ4v) is 3.33. The zero-order valence-electron chi connectivity index (χ0n) is 15.5. The van der Waals surface area contributed by atoms with Crippen molar-refractivity contribution < 1.29 is 9.18 Å². The van der Waals surface area contributed by atoms with E-state index in [1.807, 2.05) is 0 Å². The van der Waals surface area contributed by atoms with Crippen molar-refractivity contribution >= 4 is 5.91 Å². The number of amides is 1. The normalized spacial score (nSPS) is 15.4. The van der Waals surface area contributed by atoms with Gasteiger partial charge in [-0.2, -0.15) is 0 Å². The molecule has 5 nitrogen and oxygen atoms in total. The predicted molar refractivity (Wildman–Crippen MR) is 97.2 cm³/mol. The second-order valence-corrected chi connectivity index (χ2v) is 7.79. The summed E-state index contributed by atoms with van der Waals surface area (Å²) in [7, 11) is 1.61. The lowest BCUT2D eigenvalue weighted by Crippen LogP contribution is -2.37. The number of rotatable bonds is 4. The van der Waals surface area contributed by atoms with E-state index in [0.717, 1.165) is 18.5 Å². The van der Waals surface area contributed by atoms with Gasteiger partial charge in [0, 0.05) is 24.7 Å². The largest absolute Gasteiger partial charge is 0.340 e. The van der Waals surface area contributed by atoms with E-state index in [1.54, 1.807) is 25.2 Å². The Balaban J connectivity index is 1.76. The zero-order chi connectivity index (χ0) is 18.9. The minimum absolute atomic E-state index is 0.0681. The highest BCUT2D eigenvalue weighted by atomic mass is 19.1. The molecule has 26 heavy (non-hydrogen) atoms. The van der Waals surface area contributed by atoms with Gasteiger partial charge in [0.1, 0.15) is 12.4 Å². The van der Waals surface area contributed by atoms with Crippen molar-refractivity contribution in [3.05, 3.63) is 63.6 Å². The number of hydrogen-bond donors (Lipinski definition) is 0. The lowest BCUT2D eigenvalue weighted by atomic mass is 9.76. The zero-order valence-corrected chi connectivity index (χ0v) is 15.5. The molecule has 0 aliphatic heterocycles. The average Bonchev–Trinajstić information content (AvgIpc) is 2.59. The molecule has 1 aliphatic carbocycles. The SMILES string of the molecule is CN(Cc1ccccc1F)C(=O)Cn1cnc2c(c1=O)CC(C)(C)CC2. The van der Waals surface area contributed by atoms with Gasteiger partial charge in [0.2, 0.25) is 5.91 Å². The van der Waals surface area contributed by atoms with Gasteiger partial charge in [-0.05, 0) is 30.7 Å². The molecule has 0 bridgehead atoms. The van der Waals surface area contributed by atoms with E-state index in [0.29, 0.717) is 17.5 Å². The quantitative estimate of drug-likeness (QED) is 0.845. The van der Waals surface area contributed by atoms with Crippen molar-refractivity contribution in [2.45, 2.75) is 46.2 Å². The third-order valence-corrected chi connectivity index (χ3v) is 5.01. The van der Waals surface area contributed by atoms with Gasteiger partial charge in [-0.25, -0.2) is 9.37 Å². The molecule has 0 saturated carbocycles. The summed E-state index contributed by atoms with van der Waals surface area (Å²) in [4.78, 5) is 31.1. The van der Waals surface area contributed by atoms with E-state index in [1.165, 1.54) is 21.9 Å². The Morgan fingerprint density at radius 3 is 2.81 bits per heavy atom. The van der Waals surface area contributed by atoms with Crippen LogP contribution in [-0.2, 0) is 30.7 Å². The third kappa shape index (κ3) is 3.84. The highest BCUT2D eigenvalue weighted by molar-refractivity contribution is 5.75. The van der Waals surface area contributed by atoms with E-state index in [9.17, 15) is 14.0 Å². The number of carbonyl (C=O) groups is 1. The van der Waals surface area contributed by atoms with Crippen molar-refractivity contribution in [3.8, 4) is 0 Å². The Morgan fingerprint density at radius 1 is 1.35 bits per heavy atom. The standard InChI is InChI=1S/C20H24FN3O2/c1-20(2)9-8-17-15(10-20)19(26)24(13-22-17)12-18(25)23(3)11-14-6-4-5-7-16(14)21/h4-7,13H,8-12H2,1-3H3. The maximum atomic E-state index is 13.8. The first-order valence-corrected chi connectivity index (χ1v) is 8.81. The third-order valence-electron chi connectivity index (χ3n) is 5.01. The molecule has 1 aromatic carbocycles. The van der Waals surface area contributed by atoms with E-state index in [-0.39, 0.29) is 35.8 Å². The second kappa shape index (κ2) is 7.02. The number of likely N-dealkylation sites (N-methyl/N-ethyl adjacent to an activating group) is 1. The second-order valence-electron chi connectivity index (χ2n) is 7.79. The first-order chi connectivity index (χ1) is 12.3. The Morgan fingerprint density at radius 2 is 2.08 bits per heavy atom. The van der Waals surface area contributed by atoms with Gasteiger partial charge in [0.05, 0.1) is 12.0 Å². The molecule has 0 spiro atoms. The Bertz CT molecular complexity index is 889. The van der Waals surface area contributed by atoms with E-state index in [4.69, 9.17) is 0 Å². The first kappa shape index (κ1) is 18.3. The summed E-state index contributed by atoms with van der Waals surface area (Å²) in [6.45, 7) is 4.34. The highest BCUT2D eigenvalue weighted by Crippen LogP contribution is 2.32. The highest BCUT2D eigenvalue weighted by Gasteiger charge is 2.28. The molecule has 1 aromatic heterocycles. The molecule has 138 valence electrons. The van der Waals surface area contributed by atoms with Gasteiger partial charge in [-0.15, -0.1) is 0 Å². The van der Waals surface area contributed by atoms with Crippen LogP contribution in [0.4, 0.5) is 4.39 Å². The van der Waals surface area contributed by atoms with Gasteiger partial charge in [0.15, 0.2) is 0 Å². The number of nitrogens with zero attached hydrogens (tertiary/aromatic N) is 3. The maximum Gasteiger partial charge on any atom is 0.257 e. The number of fused-ring (bicyclic) bond motifs is 1. The predicted octanol–water partition coefficient (Wildman–Crippen LogP) is 2.56. The van der Waals surface area contributed by atoms with Crippen LogP contribution in [0, 0.1) is 11.2 Å². The van der Waals surface area contributed by atoms with Crippen LogP contribution in [0.3, 0.4) is 0 Å². The van der Waals surface area contributed by atoms with Gasteiger partial charge in [0.25, 0.3) is 5.56 Å². The molecule has 6 heteroatoms. The van der Waals surface area contributed by atoms with Crippen molar-refractivity contribution in [2.75, 3.05) is 7.05 Å². The minimum atomic E-state index is -0.345. The van der Waals surface area contributed by atoms with Gasteiger partial charge in [-0.1, -0.05) is 32.0 Å².